The second-order valence-corrected chi connectivity index (χ2v) is 4.73. The smallest absolute Gasteiger partial charge is 0.272 e. The van der Waals surface area contributed by atoms with Crippen molar-refractivity contribution in [2.75, 3.05) is 5.32 Å². The lowest BCUT2D eigenvalue weighted by Gasteiger charge is -2.05. The Hall–Kier alpha value is -2.50. The zero-order chi connectivity index (χ0) is 13.8. The van der Waals surface area contributed by atoms with Crippen LogP contribution in [0.5, 0.6) is 0 Å². The largest absolute Gasteiger partial charge is 0.363 e. The summed E-state index contributed by atoms with van der Waals surface area (Å²) in [5, 5.41) is 13.9. The van der Waals surface area contributed by atoms with E-state index in [-0.39, 0.29) is 5.91 Å². The van der Waals surface area contributed by atoms with Crippen LogP contribution in [0.3, 0.4) is 0 Å². The molecular weight excluding hydrogens is 254 g/mol. The van der Waals surface area contributed by atoms with Crippen molar-refractivity contribution in [2.24, 2.45) is 0 Å². The van der Waals surface area contributed by atoms with Crippen LogP contribution in [0.1, 0.15) is 29.0 Å². The average Bonchev–Trinajstić information content (AvgIpc) is 3.31. The molecule has 1 amide bonds. The zero-order valence-electron chi connectivity index (χ0n) is 10.9. The van der Waals surface area contributed by atoms with E-state index in [1.165, 1.54) is 0 Å². The molecule has 6 nitrogen and oxygen atoms in total. The number of amides is 1. The second kappa shape index (κ2) is 5.64. The maximum absolute atomic E-state index is 11.7. The Morgan fingerprint density at radius 1 is 1.20 bits per heavy atom. The summed E-state index contributed by atoms with van der Waals surface area (Å²) in [5.41, 5.74) is 1.27. The van der Waals surface area contributed by atoms with E-state index in [1.807, 2.05) is 18.2 Å². The Balaban J connectivity index is 1.56. The molecule has 1 fully saturated rings. The van der Waals surface area contributed by atoms with Gasteiger partial charge < -0.3 is 10.6 Å². The highest BCUT2D eigenvalue weighted by Crippen LogP contribution is 2.19. The first-order valence-electron chi connectivity index (χ1n) is 6.59. The van der Waals surface area contributed by atoms with Crippen molar-refractivity contribution < 1.29 is 4.79 Å². The second-order valence-electron chi connectivity index (χ2n) is 4.73. The van der Waals surface area contributed by atoms with Crippen LogP contribution in [0.25, 0.3) is 0 Å². The molecule has 2 aromatic heterocycles. The molecule has 0 aliphatic heterocycles. The molecule has 3 rings (SSSR count). The van der Waals surface area contributed by atoms with Crippen molar-refractivity contribution in [3.05, 3.63) is 47.9 Å². The molecule has 6 heteroatoms. The minimum Gasteiger partial charge on any atom is -0.363 e. The van der Waals surface area contributed by atoms with Crippen LogP contribution in [-0.4, -0.2) is 27.1 Å². The minimum atomic E-state index is -0.156. The van der Waals surface area contributed by atoms with Gasteiger partial charge in [-0.3, -0.25) is 9.78 Å². The summed E-state index contributed by atoms with van der Waals surface area (Å²) in [6.45, 7) is 0.573. The quantitative estimate of drug-likeness (QED) is 0.857. The SMILES string of the molecule is O=C(NC1CC1)c1ccc(NCc2ccccn2)nn1. The molecule has 0 saturated heterocycles. The number of anilines is 1. The number of nitrogens with one attached hydrogen (secondary N) is 2. The molecule has 102 valence electrons. The maximum atomic E-state index is 11.7. The predicted molar refractivity (Wildman–Crippen MR) is 74.1 cm³/mol. The monoisotopic (exact) mass is 269 g/mol. The van der Waals surface area contributed by atoms with Crippen LogP contribution in [0.15, 0.2) is 36.5 Å². The van der Waals surface area contributed by atoms with Crippen molar-refractivity contribution in [1.82, 2.24) is 20.5 Å². The van der Waals surface area contributed by atoms with Gasteiger partial charge in [0.25, 0.3) is 5.91 Å². The summed E-state index contributed by atoms with van der Waals surface area (Å²) in [5.74, 6) is 0.468. The molecule has 0 atom stereocenters. The van der Waals surface area contributed by atoms with Crippen LogP contribution >= 0.6 is 0 Å². The topological polar surface area (TPSA) is 79.8 Å². The number of aromatic nitrogens is 3. The maximum Gasteiger partial charge on any atom is 0.272 e. The van der Waals surface area contributed by atoms with E-state index in [4.69, 9.17) is 0 Å². The molecule has 0 radical (unpaired) electrons. The van der Waals surface area contributed by atoms with Crippen molar-refractivity contribution in [2.45, 2.75) is 25.4 Å². The van der Waals surface area contributed by atoms with Gasteiger partial charge in [0.2, 0.25) is 0 Å². The Labute approximate surface area is 116 Å². The number of carbonyl (C=O) groups excluding carboxylic acids is 1. The van der Waals surface area contributed by atoms with Crippen molar-refractivity contribution in [3.8, 4) is 0 Å². The van der Waals surface area contributed by atoms with E-state index < -0.39 is 0 Å². The van der Waals surface area contributed by atoms with Gasteiger partial charge in [0.15, 0.2) is 5.69 Å². The molecule has 2 N–H and O–H groups in total. The molecule has 2 aromatic rings. The average molecular weight is 269 g/mol. The lowest BCUT2D eigenvalue weighted by Crippen LogP contribution is -2.26. The van der Waals surface area contributed by atoms with Gasteiger partial charge in [0.05, 0.1) is 12.2 Å². The fourth-order valence-electron chi connectivity index (χ4n) is 1.72. The Kier molecular flexibility index (Phi) is 3.54. The number of rotatable bonds is 5. The van der Waals surface area contributed by atoms with Gasteiger partial charge in [-0.2, -0.15) is 0 Å². The first kappa shape index (κ1) is 12.5. The fourth-order valence-corrected chi connectivity index (χ4v) is 1.72. The van der Waals surface area contributed by atoms with Crippen molar-refractivity contribution in [3.63, 3.8) is 0 Å². The van der Waals surface area contributed by atoms with Gasteiger partial charge >= 0.3 is 0 Å². The summed E-state index contributed by atoms with van der Waals surface area (Å²) in [7, 11) is 0. The summed E-state index contributed by atoms with van der Waals surface area (Å²) in [6, 6.07) is 9.48. The molecule has 0 unspecified atom stereocenters. The van der Waals surface area contributed by atoms with Crippen LogP contribution in [0.4, 0.5) is 5.82 Å². The molecule has 1 aliphatic rings. The molecule has 1 aliphatic carbocycles. The van der Waals surface area contributed by atoms with E-state index >= 15 is 0 Å². The normalized spacial score (nSPS) is 13.8. The number of hydrogen-bond donors (Lipinski definition) is 2. The Bertz CT molecular complexity index is 580. The molecule has 0 bridgehead atoms. The molecule has 0 aromatic carbocycles. The van der Waals surface area contributed by atoms with Crippen LogP contribution in [0.2, 0.25) is 0 Å². The standard InChI is InChI=1S/C14H15N5O/c20-14(17-10-4-5-10)12-6-7-13(19-18-12)16-9-11-3-1-2-8-15-11/h1-3,6-8,10H,4-5,9H2,(H,16,19)(H,17,20). The molecule has 2 heterocycles. The van der Waals surface area contributed by atoms with Crippen molar-refractivity contribution >= 4 is 11.7 Å². The Morgan fingerprint density at radius 3 is 2.75 bits per heavy atom. The molecule has 1 saturated carbocycles. The third-order valence-corrected chi connectivity index (χ3v) is 2.99. The van der Waals surface area contributed by atoms with Crippen LogP contribution < -0.4 is 10.6 Å². The third kappa shape index (κ3) is 3.28. The Morgan fingerprint density at radius 2 is 2.10 bits per heavy atom. The third-order valence-electron chi connectivity index (χ3n) is 2.99. The van der Waals surface area contributed by atoms with Gasteiger partial charge in [-0.25, -0.2) is 0 Å². The lowest BCUT2D eigenvalue weighted by molar-refractivity contribution is 0.0945. The number of carbonyl (C=O) groups is 1. The number of nitrogens with zero attached hydrogens (tertiary/aromatic N) is 3. The molecule has 0 spiro atoms. The summed E-state index contributed by atoms with van der Waals surface area (Å²) < 4.78 is 0. The van der Waals surface area contributed by atoms with Gasteiger partial charge in [-0.05, 0) is 37.1 Å². The van der Waals surface area contributed by atoms with E-state index in [1.54, 1.807) is 18.3 Å². The zero-order valence-corrected chi connectivity index (χ0v) is 10.9. The minimum absolute atomic E-state index is 0.156. The summed E-state index contributed by atoms with van der Waals surface area (Å²) in [6.07, 6.45) is 3.86. The highest BCUT2D eigenvalue weighted by atomic mass is 16.2. The van der Waals surface area contributed by atoms with E-state index in [0.717, 1.165) is 18.5 Å². The number of pyridine rings is 1. The highest BCUT2D eigenvalue weighted by molar-refractivity contribution is 5.92. The van der Waals surface area contributed by atoms with Crippen molar-refractivity contribution in [1.29, 1.82) is 0 Å². The molecule has 20 heavy (non-hydrogen) atoms. The van der Waals surface area contributed by atoms with Gasteiger partial charge in [0, 0.05) is 12.2 Å². The van der Waals surface area contributed by atoms with E-state index in [0.29, 0.717) is 24.1 Å². The summed E-state index contributed by atoms with van der Waals surface area (Å²) in [4.78, 5) is 15.9. The van der Waals surface area contributed by atoms with Gasteiger partial charge in [-0.15, -0.1) is 10.2 Å². The van der Waals surface area contributed by atoms with Gasteiger partial charge in [-0.1, -0.05) is 6.07 Å². The highest BCUT2D eigenvalue weighted by Gasteiger charge is 2.24. The summed E-state index contributed by atoms with van der Waals surface area (Å²) >= 11 is 0. The van der Waals surface area contributed by atoms with E-state index in [9.17, 15) is 4.79 Å². The van der Waals surface area contributed by atoms with Gasteiger partial charge in [0.1, 0.15) is 5.82 Å². The van der Waals surface area contributed by atoms with Crippen LogP contribution in [0, 0.1) is 0 Å². The lowest BCUT2D eigenvalue weighted by atomic mass is 10.3. The van der Waals surface area contributed by atoms with Crippen LogP contribution in [-0.2, 0) is 6.54 Å². The molecular formula is C14H15N5O. The fraction of sp³-hybridized carbons (Fsp3) is 0.286. The first-order valence-corrected chi connectivity index (χ1v) is 6.59. The number of hydrogen-bond acceptors (Lipinski definition) is 5. The van der Waals surface area contributed by atoms with E-state index in [2.05, 4.69) is 25.8 Å². The first-order chi connectivity index (χ1) is 9.81. The predicted octanol–water partition coefficient (Wildman–Crippen LogP) is 1.38.